The maximum atomic E-state index is 11.7. The molecule has 8 nitrogen and oxygen atoms in total. The third-order valence-corrected chi connectivity index (χ3v) is 4.66. The van der Waals surface area contributed by atoms with Gasteiger partial charge in [-0.2, -0.15) is 0 Å². The van der Waals surface area contributed by atoms with Crippen molar-refractivity contribution in [3.05, 3.63) is 88.1 Å². The van der Waals surface area contributed by atoms with Crippen molar-refractivity contribution >= 4 is 11.7 Å². The number of pyridine rings is 1. The fourth-order valence-corrected chi connectivity index (χ4v) is 3.32. The van der Waals surface area contributed by atoms with Gasteiger partial charge in [-0.3, -0.25) is 14.9 Å². The summed E-state index contributed by atoms with van der Waals surface area (Å²) in [5, 5.41) is 10.8. The van der Waals surface area contributed by atoms with E-state index in [1.165, 1.54) is 19.1 Å². The second-order valence-corrected chi connectivity index (χ2v) is 6.76. The summed E-state index contributed by atoms with van der Waals surface area (Å²) in [6, 6.07) is 17.7. The Morgan fingerprint density at radius 1 is 1.17 bits per heavy atom. The summed E-state index contributed by atoms with van der Waals surface area (Å²) >= 11 is 0. The van der Waals surface area contributed by atoms with E-state index in [0.29, 0.717) is 23.5 Å². The van der Waals surface area contributed by atoms with Crippen molar-refractivity contribution in [3.8, 4) is 17.4 Å². The quantitative estimate of drug-likeness (QED) is 0.337. The van der Waals surface area contributed by atoms with Crippen molar-refractivity contribution in [2.24, 2.45) is 0 Å². The lowest BCUT2D eigenvalue weighted by Gasteiger charge is -2.32. The number of carbonyl (C=O) groups excluding carboxylic acids is 1. The number of aromatic nitrogens is 1. The predicted molar refractivity (Wildman–Crippen MR) is 106 cm³/mol. The van der Waals surface area contributed by atoms with E-state index in [1.54, 1.807) is 18.2 Å². The van der Waals surface area contributed by atoms with Gasteiger partial charge in [0.15, 0.2) is 0 Å². The van der Waals surface area contributed by atoms with Crippen LogP contribution in [0.3, 0.4) is 0 Å². The summed E-state index contributed by atoms with van der Waals surface area (Å²) in [6.45, 7) is 1.37. The van der Waals surface area contributed by atoms with Gasteiger partial charge in [0, 0.05) is 31.0 Å². The molecular weight excluding hydrogens is 388 g/mol. The Balaban J connectivity index is 1.60. The van der Waals surface area contributed by atoms with E-state index in [-0.39, 0.29) is 23.6 Å². The molecule has 2 aromatic carbocycles. The topological polar surface area (TPSA) is 101 Å². The summed E-state index contributed by atoms with van der Waals surface area (Å²) in [4.78, 5) is 25.8. The van der Waals surface area contributed by atoms with Gasteiger partial charge in [-0.05, 0) is 23.8 Å². The van der Waals surface area contributed by atoms with Gasteiger partial charge in [0.25, 0.3) is 5.69 Å². The molecule has 1 aromatic heterocycles. The minimum Gasteiger partial charge on any atom is -0.485 e. The zero-order valence-corrected chi connectivity index (χ0v) is 16.1. The first-order valence-corrected chi connectivity index (χ1v) is 9.30. The number of benzene rings is 2. The molecule has 0 radical (unpaired) electrons. The first-order valence-electron chi connectivity index (χ1n) is 9.30. The van der Waals surface area contributed by atoms with Gasteiger partial charge in [0.05, 0.1) is 4.92 Å². The molecule has 0 saturated carbocycles. The smallest absolute Gasteiger partial charge is 0.303 e. The molecule has 2 heterocycles. The van der Waals surface area contributed by atoms with Crippen LogP contribution in [0.4, 0.5) is 5.69 Å². The van der Waals surface area contributed by atoms with Gasteiger partial charge in [-0.15, -0.1) is 0 Å². The minimum absolute atomic E-state index is 0.122. The molecule has 152 valence electrons. The predicted octanol–water partition coefficient (Wildman–Crippen LogP) is 4.91. The zero-order valence-electron chi connectivity index (χ0n) is 16.1. The Hall–Kier alpha value is -3.94. The lowest BCUT2D eigenvalue weighted by Crippen LogP contribution is -2.22. The SMILES string of the molecule is CC(=O)OC1CC(c2ccccc2)Oc2ccc(Oc3ccc([N+](=O)[O-])cn3)cc21. The van der Waals surface area contributed by atoms with Gasteiger partial charge < -0.3 is 14.2 Å². The van der Waals surface area contributed by atoms with Crippen molar-refractivity contribution < 1.29 is 23.9 Å². The van der Waals surface area contributed by atoms with E-state index in [2.05, 4.69) is 4.98 Å². The molecule has 0 spiro atoms. The van der Waals surface area contributed by atoms with Crippen molar-refractivity contribution in [1.82, 2.24) is 4.98 Å². The van der Waals surface area contributed by atoms with E-state index in [4.69, 9.17) is 14.2 Å². The van der Waals surface area contributed by atoms with Crippen LogP contribution in [0.2, 0.25) is 0 Å². The van der Waals surface area contributed by atoms with E-state index < -0.39 is 11.0 Å². The number of nitrogens with zero attached hydrogens (tertiary/aromatic N) is 2. The lowest BCUT2D eigenvalue weighted by molar-refractivity contribution is -0.385. The molecule has 3 aromatic rings. The van der Waals surface area contributed by atoms with Crippen LogP contribution < -0.4 is 9.47 Å². The average Bonchev–Trinajstić information content (AvgIpc) is 2.74. The van der Waals surface area contributed by atoms with Crippen LogP contribution in [-0.4, -0.2) is 15.9 Å². The fraction of sp³-hybridized carbons (Fsp3) is 0.182. The number of nitro groups is 1. The van der Waals surface area contributed by atoms with Crippen LogP contribution in [0, 0.1) is 10.1 Å². The van der Waals surface area contributed by atoms with Gasteiger partial charge in [-0.1, -0.05) is 30.3 Å². The van der Waals surface area contributed by atoms with Crippen molar-refractivity contribution in [2.75, 3.05) is 0 Å². The third kappa shape index (κ3) is 4.22. The molecule has 8 heteroatoms. The minimum atomic E-state index is -0.528. The molecule has 1 aliphatic rings. The van der Waals surface area contributed by atoms with E-state index in [1.807, 2.05) is 30.3 Å². The number of carbonyl (C=O) groups is 1. The highest BCUT2D eigenvalue weighted by atomic mass is 16.6. The number of hydrogen-bond donors (Lipinski definition) is 0. The van der Waals surface area contributed by atoms with Gasteiger partial charge in [-0.25, -0.2) is 4.98 Å². The highest BCUT2D eigenvalue weighted by molar-refractivity contribution is 5.66. The van der Waals surface area contributed by atoms with Crippen molar-refractivity contribution in [3.63, 3.8) is 0 Å². The maximum absolute atomic E-state index is 11.7. The monoisotopic (exact) mass is 406 g/mol. The molecule has 2 atom stereocenters. The molecule has 0 saturated heterocycles. The molecular formula is C22H18N2O6. The summed E-state index contributed by atoms with van der Waals surface area (Å²) in [5.74, 6) is 0.880. The molecule has 30 heavy (non-hydrogen) atoms. The maximum Gasteiger partial charge on any atom is 0.303 e. The van der Waals surface area contributed by atoms with Crippen LogP contribution in [0.15, 0.2) is 66.9 Å². The van der Waals surface area contributed by atoms with Crippen LogP contribution >= 0.6 is 0 Å². The molecule has 0 amide bonds. The molecule has 2 unspecified atom stereocenters. The first kappa shape index (κ1) is 19.4. The van der Waals surface area contributed by atoms with Crippen molar-refractivity contribution in [1.29, 1.82) is 0 Å². The largest absolute Gasteiger partial charge is 0.485 e. The molecule has 0 aliphatic carbocycles. The van der Waals surface area contributed by atoms with Crippen LogP contribution in [0.5, 0.6) is 17.4 Å². The van der Waals surface area contributed by atoms with E-state index in [9.17, 15) is 14.9 Å². The molecule has 0 fully saturated rings. The number of ether oxygens (including phenoxy) is 3. The Morgan fingerprint density at radius 3 is 2.63 bits per heavy atom. The normalized spacial score (nSPS) is 17.4. The lowest BCUT2D eigenvalue weighted by atomic mass is 9.94. The Labute approximate surface area is 172 Å². The highest BCUT2D eigenvalue weighted by Crippen LogP contribution is 2.44. The summed E-state index contributed by atoms with van der Waals surface area (Å²) in [7, 11) is 0. The van der Waals surface area contributed by atoms with Gasteiger partial charge >= 0.3 is 5.97 Å². The zero-order chi connectivity index (χ0) is 21.1. The number of esters is 1. The van der Waals surface area contributed by atoms with Crippen LogP contribution in [-0.2, 0) is 9.53 Å². The molecule has 0 bridgehead atoms. The second-order valence-electron chi connectivity index (χ2n) is 6.76. The fourth-order valence-electron chi connectivity index (χ4n) is 3.32. The Bertz CT molecular complexity index is 1070. The second kappa shape index (κ2) is 8.20. The number of hydrogen-bond acceptors (Lipinski definition) is 7. The summed E-state index contributed by atoms with van der Waals surface area (Å²) < 4.78 is 17.4. The standard InChI is InChI=1S/C22H18N2O6/c1-14(25)28-21-12-20(15-5-3-2-4-6-15)30-19-9-8-17(11-18(19)21)29-22-10-7-16(13-23-22)24(26)27/h2-11,13,20-21H,12H2,1H3. The average molecular weight is 406 g/mol. The summed E-state index contributed by atoms with van der Waals surface area (Å²) in [5.41, 5.74) is 1.57. The van der Waals surface area contributed by atoms with Gasteiger partial charge in [0.1, 0.15) is 29.9 Å². The Kier molecular flexibility index (Phi) is 5.30. The third-order valence-electron chi connectivity index (χ3n) is 4.66. The van der Waals surface area contributed by atoms with E-state index in [0.717, 1.165) is 11.8 Å². The summed E-state index contributed by atoms with van der Waals surface area (Å²) in [6.07, 6.45) is 0.856. The number of fused-ring (bicyclic) bond motifs is 1. The van der Waals surface area contributed by atoms with Gasteiger partial charge in [0.2, 0.25) is 5.88 Å². The van der Waals surface area contributed by atoms with Crippen LogP contribution in [0.25, 0.3) is 0 Å². The molecule has 4 rings (SSSR count). The highest BCUT2D eigenvalue weighted by Gasteiger charge is 2.32. The number of rotatable bonds is 5. The van der Waals surface area contributed by atoms with E-state index >= 15 is 0 Å². The molecule has 1 aliphatic heterocycles. The first-order chi connectivity index (χ1) is 14.5. The van der Waals surface area contributed by atoms with Crippen molar-refractivity contribution in [2.45, 2.75) is 25.6 Å². The Morgan fingerprint density at radius 2 is 1.97 bits per heavy atom. The van der Waals surface area contributed by atoms with Crippen LogP contribution in [0.1, 0.15) is 36.7 Å². The molecule has 0 N–H and O–H groups in total.